The van der Waals surface area contributed by atoms with Gasteiger partial charge in [-0.1, -0.05) is 22.0 Å². The minimum atomic E-state index is -1.20. The maximum absolute atomic E-state index is 12.5. The number of hydrogen-bond donors (Lipinski definition) is 1. The van der Waals surface area contributed by atoms with Gasteiger partial charge in [0.05, 0.1) is 28.6 Å². The fraction of sp³-hybridized carbons (Fsp3) is 0.200. The lowest BCUT2D eigenvalue weighted by molar-refractivity contribution is 0.411. The SMILES string of the molecule is COc1ccc(Br)cc1CS(=O)c1cc(C)ccc1N. The Labute approximate surface area is 129 Å². The van der Waals surface area contributed by atoms with Gasteiger partial charge in [-0.3, -0.25) is 4.21 Å². The van der Waals surface area contributed by atoms with E-state index in [-0.39, 0.29) is 0 Å². The van der Waals surface area contributed by atoms with E-state index in [0.717, 1.165) is 21.3 Å². The number of halogens is 1. The molecule has 0 fully saturated rings. The third-order valence-electron chi connectivity index (χ3n) is 2.94. The van der Waals surface area contributed by atoms with Gasteiger partial charge < -0.3 is 10.5 Å². The minimum absolute atomic E-state index is 0.371. The molecule has 0 spiro atoms. The number of hydrogen-bond acceptors (Lipinski definition) is 3. The highest BCUT2D eigenvalue weighted by atomic mass is 79.9. The number of ether oxygens (including phenoxy) is 1. The predicted molar refractivity (Wildman–Crippen MR) is 86.4 cm³/mol. The molecule has 1 unspecified atom stereocenters. The molecule has 0 bridgehead atoms. The molecule has 0 amide bonds. The first kappa shape index (κ1) is 15.1. The Morgan fingerprint density at radius 2 is 2.00 bits per heavy atom. The summed E-state index contributed by atoms with van der Waals surface area (Å²) in [4.78, 5) is 0.673. The maximum atomic E-state index is 12.5. The smallest absolute Gasteiger partial charge is 0.123 e. The lowest BCUT2D eigenvalue weighted by atomic mass is 10.2. The first-order valence-electron chi connectivity index (χ1n) is 6.08. The number of aryl methyl sites for hydroxylation is 1. The van der Waals surface area contributed by atoms with Crippen LogP contribution in [0.1, 0.15) is 11.1 Å². The Kier molecular flexibility index (Phi) is 4.83. The molecule has 1 atom stereocenters. The van der Waals surface area contributed by atoms with Gasteiger partial charge in [0.15, 0.2) is 0 Å². The van der Waals surface area contributed by atoms with E-state index in [1.807, 2.05) is 37.3 Å². The lowest BCUT2D eigenvalue weighted by Gasteiger charge is -2.10. The van der Waals surface area contributed by atoms with Gasteiger partial charge in [0.25, 0.3) is 0 Å². The van der Waals surface area contributed by atoms with Gasteiger partial charge in [-0.2, -0.15) is 0 Å². The summed E-state index contributed by atoms with van der Waals surface area (Å²) in [5.74, 6) is 1.10. The summed E-state index contributed by atoms with van der Waals surface area (Å²) in [6.45, 7) is 1.96. The number of methoxy groups -OCH3 is 1. The van der Waals surface area contributed by atoms with Crippen molar-refractivity contribution >= 4 is 32.4 Å². The van der Waals surface area contributed by atoms with Gasteiger partial charge in [0.2, 0.25) is 0 Å². The number of benzene rings is 2. The highest BCUT2D eigenvalue weighted by molar-refractivity contribution is 9.10. The monoisotopic (exact) mass is 353 g/mol. The first-order valence-corrected chi connectivity index (χ1v) is 8.19. The molecule has 0 aliphatic carbocycles. The molecule has 20 heavy (non-hydrogen) atoms. The number of nitrogens with two attached hydrogens (primary N) is 1. The maximum Gasteiger partial charge on any atom is 0.123 e. The van der Waals surface area contributed by atoms with Gasteiger partial charge in [0.1, 0.15) is 5.75 Å². The molecule has 5 heteroatoms. The van der Waals surface area contributed by atoms with E-state index in [1.54, 1.807) is 13.2 Å². The highest BCUT2D eigenvalue weighted by Crippen LogP contribution is 2.27. The van der Waals surface area contributed by atoms with Crippen LogP contribution in [0.4, 0.5) is 5.69 Å². The molecule has 2 aromatic carbocycles. The van der Waals surface area contributed by atoms with Gasteiger partial charge in [-0.05, 0) is 42.8 Å². The van der Waals surface area contributed by atoms with E-state index < -0.39 is 10.8 Å². The van der Waals surface area contributed by atoms with Crippen LogP contribution in [0, 0.1) is 6.92 Å². The summed E-state index contributed by atoms with van der Waals surface area (Å²) in [6, 6.07) is 11.2. The lowest BCUT2D eigenvalue weighted by Crippen LogP contribution is -2.03. The zero-order valence-electron chi connectivity index (χ0n) is 11.4. The fourth-order valence-electron chi connectivity index (χ4n) is 1.92. The second-order valence-electron chi connectivity index (χ2n) is 4.49. The van der Waals surface area contributed by atoms with Crippen LogP contribution in [0.15, 0.2) is 45.8 Å². The van der Waals surface area contributed by atoms with Crippen LogP contribution in [0.2, 0.25) is 0 Å². The highest BCUT2D eigenvalue weighted by Gasteiger charge is 2.12. The average molecular weight is 354 g/mol. The third-order valence-corrected chi connectivity index (χ3v) is 4.85. The molecule has 0 aromatic heterocycles. The van der Waals surface area contributed by atoms with Crippen LogP contribution in [-0.4, -0.2) is 11.3 Å². The molecule has 2 rings (SSSR count). The van der Waals surface area contributed by atoms with Crippen molar-refractivity contribution in [3.05, 3.63) is 52.0 Å². The molecule has 0 saturated heterocycles. The Bertz CT molecular complexity index is 658. The molecule has 0 heterocycles. The number of anilines is 1. The van der Waals surface area contributed by atoms with Crippen molar-refractivity contribution in [1.29, 1.82) is 0 Å². The van der Waals surface area contributed by atoms with Crippen molar-refractivity contribution in [2.45, 2.75) is 17.6 Å². The van der Waals surface area contributed by atoms with Crippen LogP contribution < -0.4 is 10.5 Å². The Morgan fingerprint density at radius 1 is 1.25 bits per heavy atom. The van der Waals surface area contributed by atoms with E-state index in [2.05, 4.69) is 15.9 Å². The molecular weight excluding hydrogens is 338 g/mol. The van der Waals surface area contributed by atoms with Crippen LogP contribution in [0.5, 0.6) is 5.75 Å². The van der Waals surface area contributed by atoms with E-state index in [4.69, 9.17) is 10.5 Å². The summed E-state index contributed by atoms with van der Waals surface area (Å²) >= 11 is 3.42. The predicted octanol–water partition coefficient (Wildman–Crippen LogP) is 3.66. The standard InChI is InChI=1S/C15H16BrNO2S/c1-10-3-5-13(17)15(7-10)20(18)9-11-8-12(16)4-6-14(11)19-2/h3-8H,9,17H2,1-2H3. The zero-order valence-corrected chi connectivity index (χ0v) is 13.8. The topological polar surface area (TPSA) is 52.3 Å². The largest absolute Gasteiger partial charge is 0.496 e. The molecule has 0 aliphatic rings. The fourth-order valence-corrected chi connectivity index (χ4v) is 3.64. The molecule has 0 radical (unpaired) electrons. The van der Waals surface area contributed by atoms with Gasteiger partial charge >= 0.3 is 0 Å². The summed E-state index contributed by atoms with van der Waals surface area (Å²) in [7, 11) is 0.406. The van der Waals surface area contributed by atoms with E-state index in [9.17, 15) is 4.21 Å². The van der Waals surface area contributed by atoms with E-state index in [0.29, 0.717) is 16.3 Å². The second kappa shape index (κ2) is 6.41. The van der Waals surface area contributed by atoms with Crippen LogP contribution in [0.25, 0.3) is 0 Å². The zero-order chi connectivity index (χ0) is 14.7. The molecule has 2 N–H and O–H groups in total. The Balaban J connectivity index is 2.32. The van der Waals surface area contributed by atoms with Crippen molar-refractivity contribution in [2.24, 2.45) is 0 Å². The Hall–Kier alpha value is -1.33. The van der Waals surface area contributed by atoms with E-state index in [1.165, 1.54) is 0 Å². The van der Waals surface area contributed by atoms with Gasteiger partial charge in [-0.15, -0.1) is 0 Å². The summed E-state index contributed by atoms with van der Waals surface area (Å²) < 4.78 is 18.8. The Morgan fingerprint density at radius 3 is 2.70 bits per heavy atom. The van der Waals surface area contributed by atoms with Crippen LogP contribution in [0.3, 0.4) is 0 Å². The number of nitrogen functional groups attached to an aromatic ring is 1. The van der Waals surface area contributed by atoms with Gasteiger partial charge in [-0.25, -0.2) is 0 Å². The molecule has 3 nitrogen and oxygen atoms in total. The molecule has 0 saturated carbocycles. The van der Waals surface area contributed by atoms with Crippen LogP contribution in [-0.2, 0) is 16.6 Å². The quantitative estimate of drug-likeness (QED) is 0.853. The second-order valence-corrected chi connectivity index (χ2v) is 6.82. The van der Waals surface area contributed by atoms with E-state index >= 15 is 0 Å². The first-order chi connectivity index (χ1) is 9.51. The van der Waals surface area contributed by atoms with Crippen molar-refractivity contribution < 1.29 is 8.95 Å². The average Bonchev–Trinajstić information content (AvgIpc) is 2.41. The van der Waals surface area contributed by atoms with Crippen molar-refractivity contribution in [2.75, 3.05) is 12.8 Å². The minimum Gasteiger partial charge on any atom is -0.496 e. The van der Waals surface area contributed by atoms with Crippen molar-refractivity contribution in [1.82, 2.24) is 0 Å². The molecule has 106 valence electrons. The van der Waals surface area contributed by atoms with Crippen molar-refractivity contribution in [3.63, 3.8) is 0 Å². The number of rotatable bonds is 4. The van der Waals surface area contributed by atoms with Crippen molar-refractivity contribution in [3.8, 4) is 5.75 Å². The third kappa shape index (κ3) is 3.41. The molecule has 0 aliphatic heterocycles. The normalized spacial score (nSPS) is 12.2. The van der Waals surface area contributed by atoms with Gasteiger partial charge in [0, 0.05) is 15.7 Å². The summed E-state index contributed by atoms with van der Waals surface area (Å²) in [6.07, 6.45) is 0. The summed E-state index contributed by atoms with van der Waals surface area (Å²) in [5.41, 5.74) is 8.40. The van der Waals surface area contributed by atoms with Crippen LogP contribution >= 0.6 is 15.9 Å². The summed E-state index contributed by atoms with van der Waals surface area (Å²) in [5, 5.41) is 0. The molecular formula is C15H16BrNO2S. The molecule has 2 aromatic rings.